The maximum absolute atomic E-state index is 14.8. The van der Waals surface area contributed by atoms with Gasteiger partial charge in [0.05, 0.1) is 25.4 Å². The molecule has 24 nitrogen and oxygen atoms in total. The largest absolute Gasteiger partial charge is 0.508 e. The molecule has 1 aromatic rings. The number of phenolic OH excluding ortho intramolecular Hbond substituents is 1. The molecule has 0 bridgehead atoms. The Balaban J connectivity index is 1.81. The molecule has 3 fully saturated rings. The molecule has 0 aliphatic carbocycles. The number of hydrogen-bond acceptors (Lipinski definition) is 14. The quantitative estimate of drug-likeness (QED) is 0.0823. The second kappa shape index (κ2) is 28.0. The highest BCUT2D eigenvalue weighted by molar-refractivity contribution is 6.04. The van der Waals surface area contributed by atoms with Crippen molar-refractivity contribution in [2.45, 2.75) is 162 Å². The van der Waals surface area contributed by atoms with Crippen LogP contribution in [0.25, 0.3) is 0 Å². The van der Waals surface area contributed by atoms with Crippen LogP contribution in [0.5, 0.6) is 5.75 Å². The van der Waals surface area contributed by atoms with Crippen molar-refractivity contribution in [2.75, 3.05) is 26.2 Å². The van der Waals surface area contributed by atoms with E-state index < -0.39 is 151 Å². The number of fused-ring (bicyclic) bond motifs is 2. The average molecular weight is 1050 g/mol. The first-order valence-corrected chi connectivity index (χ1v) is 25.7. The number of nitrogens with zero attached hydrogens (tertiary/aromatic N) is 2. The Morgan fingerprint density at radius 2 is 1.41 bits per heavy atom. The van der Waals surface area contributed by atoms with Crippen LogP contribution in [0.3, 0.4) is 0 Å². The van der Waals surface area contributed by atoms with Gasteiger partial charge in [0.1, 0.15) is 54.6 Å². The maximum atomic E-state index is 14.8. The molecule has 3 aliphatic rings. The number of aromatic hydroxyl groups is 1. The van der Waals surface area contributed by atoms with Crippen LogP contribution in [-0.4, -0.2) is 160 Å². The van der Waals surface area contributed by atoms with Gasteiger partial charge >= 0.3 is 5.97 Å². The molecule has 3 saturated heterocycles. The number of cyclic esters (lactones) is 1. The summed E-state index contributed by atoms with van der Waals surface area (Å²) >= 11 is 0. The molecule has 414 valence electrons. The Morgan fingerprint density at radius 1 is 0.787 bits per heavy atom. The van der Waals surface area contributed by atoms with Gasteiger partial charge in [-0.1, -0.05) is 67.0 Å². The van der Waals surface area contributed by atoms with E-state index in [0.717, 1.165) is 0 Å². The lowest BCUT2D eigenvalue weighted by Gasteiger charge is -2.32. The summed E-state index contributed by atoms with van der Waals surface area (Å²) in [6.45, 7) is 12.1. The monoisotopic (exact) mass is 1050 g/mol. The van der Waals surface area contributed by atoms with Gasteiger partial charge in [-0.2, -0.15) is 0 Å². The van der Waals surface area contributed by atoms with Crippen molar-refractivity contribution in [1.82, 2.24) is 47.0 Å². The van der Waals surface area contributed by atoms with Crippen LogP contribution in [0.1, 0.15) is 112 Å². The highest BCUT2D eigenvalue weighted by Gasteiger charge is 2.45. The smallest absolute Gasteiger partial charge is 0.328 e. The van der Waals surface area contributed by atoms with Crippen molar-refractivity contribution < 1.29 is 67.4 Å². The fourth-order valence-corrected chi connectivity index (χ4v) is 9.36. The molecule has 10 N–H and O–H groups in total. The van der Waals surface area contributed by atoms with Gasteiger partial charge in [-0.15, -0.1) is 0 Å². The summed E-state index contributed by atoms with van der Waals surface area (Å²) in [7, 11) is 0. The zero-order valence-corrected chi connectivity index (χ0v) is 44.2. The molecule has 0 spiro atoms. The number of ether oxygens (including phenoxy) is 1. The van der Waals surface area contributed by atoms with Gasteiger partial charge in [0.25, 0.3) is 0 Å². The fourth-order valence-electron chi connectivity index (χ4n) is 9.36. The predicted molar refractivity (Wildman–Crippen MR) is 269 cm³/mol. The zero-order chi connectivity index (χ0) is 55.8. The first-order chi connectivity index (χ1) is 35.3. The molecule has 10 amide bonds. The number of nitrogens with two attached hydrogens (primary N) is 1. The molecule has 3 heterocycles. The van der Waals surface area contributed by atoms with E-state index in [4.69, 9.17) is 10.5 Å². The van der Waals surface area contributed by atoms with Crippen LogP contribution < -0.4 is 43.0 Å². The number of primary amides is 1. The number of carbonyl (C=O) groups is 12. The molecular weight excluding hydrogens is 977 g/mol. The van der Waals surface area contributed by atoms with E-state index in [1.54, 1.807) is 48.5 Å². The number of rotatable bonds is 13. The van der Waals surface area contributed by atoms with Crippen molar-refractivity contribution in [1.29, 1.82) is 0 Å². The van der Waals surface area contributed by atoms with Gasteiger partial charge in [-0.05, 0) is 73.5 Å². The van der Waals surface area contributed by atoms with Crippen LogP contribution in [0.15, 0.2) is 24.3 Å². The molecule has 4 rings (SSSR count). The van der Waals surface area contributed by atoms with Crippen molar-refractivity contribution >= 4 is 70.8 Å². The minimum absolute atomic E-state index is 0.00267. The Kier molecular flexibility index (Phi) is 22.5. The first-order valence-electron chi connectivity index (χ1n) is 25.7. The van der Waals surface area contributed by atoms with Crippen molar-refractivity contribution in [3.8, 4) is 5.75 Å². The Morgan fingerprint density at radius 3 is 2.03 bits per heavy atom. The summed E-state index contributed by atoms with van der Waals surface area (Å²) in [6.07, 6.45) is -0.682. The van der Waals surface area contributed by atoms with E-state index in [9.17, 15) is 62.6 Å². The summed E-state index contributed by atoms with van der Waals surface area (Å²) < 4.78 is 5.78. The van der Waals surface area contributed by atoms with E-state index in [1.165, 1.54) is 41.0 Å². The van der Waals surface area contributed by atoms with E-state index in [-0.39, 0.29) is 75.1 Å². The third-order valence-corrected chi connectivity index (χ3v) is 13.3. The number of ketones is 1. The topological polar surface area (TPSA) is 351 Å². The standard InChI is InChI=1S/C51H76N10O14/c1-9-29(7)44(54-30(8)62)48(71)59-37-25-75-51(74)38-11-10-16-60(38)49(72)36(20-31-12-14-32(63)15-13-31)58-46(69)35(21-41(52)65)56-43(67)23-53-45(68)34(18-27(4)5)55-42(66)22-40(64)33(17-26(2)3)57-47(70)39-19-28(6)24-61(39)50(37)73/h12-15,26-29,33-39,44,63H,9-11,16-25H2,1-8H3,(H2,52,65)(H,53,68)(H,54,62)(H,55,66)(H,56,67)(H,57,70)(H,58,69)(H,59,71)/t28-,29+,33-,34+,35-,36-,37-,38-,39-,44-/m0/s1. The van der Waals surface area contributed by atoms with E-state index >= 15 is 0 Å². The summed E-state index contributed by atoms with van der Waals surface area (Å²) in [5, 5.41) is 27.8. The third-order valence-electron chi connectivity index (χ3n) is 13.3. The first kappa shape index (κ1) is 60.4. The lowest BCUT2D eigenvalue weighted by Crippen LogP contribution is -2.60. The Labute approximate surface area is 436 Å². The molecule has 1 aromatic carbocycles. The minimum Gasteiger partial charge on any atom is -0.508 e. The van der Waals surface area contributed by atoms with Gasteiger partial charge in [0.2, 0.25) is 59.1 Å². The number of benzene rings is 1. The summed E-state index contributed by atoms with van der Waals surface area (Å²) in [4.78, 5) is 167. The summed E-state index contributed by atoms with van der Waals surface area (Å²) in [5.74, 6) is -11.2. The fraction of sp³-hybridized carbons (Fsp3) is 0.647. The second-order valence-corrected chi connectivity index (χ2v) is 20.8. The van der Waals surface area contributed by atoms with Crippen molar-refractivity contribution in [3.63, 3.8) is 0 Å². The van der Waals surface area contributed by atoms with E-state index in [2.05, 4.69) is 37.2 Å². The molecular formula is C51H76N10O14. The van der Waals surface area contributed by atoms with Crippen molar-refractivity contribution in [2.24, 2.45) is 29.4 Å². The lowest BCUT2D eigenvalue weighted by molar-refractivity contribution is -0.157. The summed E-state index contributed by atoms with van der Waals surface area (Å²) in [5.41, 5.74) is 5.93. The highest BCUT2D eigenvalue weighted by Crippen LogP contribution is 2.26. The van der Waals surface area contributed by atoms with Gasteiger partial charge in [0, 0.05) is 26.4 Å². The Hall–Kier alpha value is -7.14. The number of amides is 10. The van der Waals surface area contributed by atoms with Gasteiger partial charge in [-0.25, -0.2) is 4.79 Å². The van der Waals surface area contributed by atoms with Gasteiger partial charge < -0.3 is 62.6 Å². The van der Waals surface area contributed by atoms with Crippen LogP contribution >= 0.6 is 0 Å². The minimum atomic E-state index is -1.69. The van der Waals surface area contributed by atoms with Crippen LogP contribution in [0, 0.1) is 23.7 Å². The number of esters is 1. The van der Waals surface area contributed by atoms with E-state index in [1.807, 2.05) is 0 Å². The van der Waals surface area contributed by atoms with Crippen molar-refractivity contribution in [3.05, 3.63) is 29.8 Å². The number of phenols is 1. The predicted octanol–water partition coefficient (Wildman–Crippen LogP) is -1.26. The molecule has 10 atom stereocenters. The van der Waals surface area contributed by atoms with Gasteiger partial charge in [0.15, 0.2) is 5.78 Å². The molecule has 0 radical (unpaired) electrons. The average Bonchev–Trinajstić information content (AvgIpc) is 3.99. The SMILES string of the molecule is CC[C@@H](C)[C@H](NC(C)=O)C(=O)N[C@H]1COC(=O)[C@@H]2CCCN2C(=O)[C@H](Cc2ccc(O)cc2)NC(=O)[C@H](CC(N)=O)NC(=O)CNC(=O)[C@@H](CC(C)C)NC(=O)CC(=O)[C@H](CC(C)C)NC(=O)[C@@H]2C[C@H](C)CN2C1=O. The molecule has 75 heavy (non-hydrogen) atoms. The normalized spacial score (nSPS) is 26.1. The van der Waals surface area contributed by atoms with Crippen LogP contribution in [-0.2, 0) is 68.7 Å². The maximum Gasteiger partial charge on any atom is 0.328 e. The molecule has 0 aromatic heterocycles. The Bertz CT molecular complexity index is 2290. The molecule has 3 aliphatic heterocycles. The van der Waals surface area contributed by atoms with Crippen LogP contribution in [0.4, 0.5) is 0 Å². The molecule has 0 unspecified atom stereocenters. The number of carbonyl (C=O) groups excluding carboxylic acids is 12. The second-order valence-electron chi connectivity index (χ2n) is 20.8. The van der Waals surface area contributed by atoms with Crippen LogP contribution in [0.2, 0.25) is 0 Å². The zero-order valence-electron chi connectivity index (χ0n) is 44.2. The lowest BCUT2D eigenvalue weighted by atomic mass is 9.97. The third kappa shape index (κ3) is 18.0. The molecule has 24 heteroatoms. The van der Waals surface area contributed by atoms with Gasteiger partial charge in [-0.3, -0.25) is 52.7 Å². The number of nitrogens with one attached hydrogen (secondary N) is 7. The molecule has 0 saturated carbocycles. The summed E-state index contributed by atoms with van der Waals surface area (Å²) in [6, 6.07) is -5.25. The van der Waals surface area contributed by atoms with E-state index in [0.29, 0.717) is 12.0 Å². The highest BCUT2D eigenvalue weighted by atomic mass is 16.5. The number of hydrogen-bond donors (Lipinski definition) is 9. The number of Topliss-reactive ketones (excluding diaryl/α,β-unsaturated/α-hetero) is 1.